The normalized spacial score (nSPS) is 23.7. The van der Waals surface area contributed by atoms with Crippen LogP contribution in [0.4, 0.5) is 11.4 Å². The van der Waals surface area contributed by atoms with E-state index in [4.69, 9.17) is 10.5 Å². The van der Waals surface area contributed by atoms with E-state index in [2.05, 4.69) is 24.9 Å². The molecule has 1 aromatic carbocycles. The highest BCUT2D eigenvalue weighted by Gasteiger charge is 2.22. The van der Waals surface area contributed by atoms with E-state index in [0.717, 1.165) is 23.0 Å². The molecule has 0 spiro atoms. The highest BCUT2D eigenvalue weighted by molar-refractivity contribution is 5.60. The average Bonchev–Trinajstić information content (AvgIpc) is 2.38. The molecule has 0 aromatic heterocycles. The summed E-state index contributed by atoms with van der Waals surface area (Å²) in [6, 6.07) is 6.59. The Balaban J connectivity index is 2.12. The number of rotatable bonds is 3. The third-order valence-electron chi connectivity index (χ3n) is 4.09. The minimum atomic E-state index is 0.632. The number of nitrogen functional groups attached to an aromatic ring is 1. The van der Waals surface area contributed by atoms with E-state index in [1.807, 2.05) is 12.1 Å². The van der Waals surface area contributed by atoms with Gasteiger partial charge in [-0.15, -0.1) is 0 Å². The van der Waals surface area contributed by atoms with E-state index < -0.39 is 0 Å². The maximum Gasteiger partial charge on any atom is 0.122 e. The van der Waals surface area contributed by atoms with Gasteiger partial charge in [0.1, 0.15) is 5.75 Å². The third-order valence-corrected chi connectivity index (χ3v) is 4.09. The standard InChI is InChI=1S/C15H24N2O/c1-11-4-6-13(7-5-11)17(2)14-8-12(16)9-15(10-14)18-3/h8-11,13H,4-7,16H2,1-3H3. The first-order valence-electron chi connectivity index (χ1n) is 6.77. The van der Waals surface area contributed by atoms with Crippen LogP contribution in [0.1, 0.15) is 32.6 Å². The van der Waals surface area contributed by atoms with E-state index >= 15 is 0 Å². The zero-order valence-corrected chi connectivity index (χ0v) is 11.6. The van der Waals surface area contributed by atoms with Crippen LogP contribution in [0.25, 0.3) is 0 Å². The van der Waals surface area contributed by atoms with Gasteiger partial charge in [0.05, 0.1) is 7.11 Å². The van der Waals surface area contributed by atoms with Crippen LogP contribution in [0.5, 0.6) is 5.75 Å². The molecule has 0 aliphatic heterocycles. The van der Waals surface area contributed by atoms with Gasteiger partial charge in [0.25, 0.3) is 0 Å². The highest BCUT2D eigenvalue weighted by atomic mass is 16.5. The monoisotopic (exact) mass is 248 g/mol. The van der Waals surface area contributed by atoms with Crippen molar-refractivity contribution < 1.29 is 4.74 Å². The summed E-state index contributed by atoms with van der Waals surface area (Å²) in [5.74, 6) is 1.71. The predicted molar refractivity (Wildman–Crippen MR) is 77.2 cm³/mol. The number of nitrogens with zero attached hydrogens (tertiary/aromatic N) is 1. The van der Waals surface area contributed by atoms with Crippen LogP contribution in [-0.4, -0.2) is 20.2 Å². The SMILES string of the molecule is COc1cc(N)cc(N(C)C2CCC(C)CC2)c1. The Kier molecular flexibility index (Phi) is 4.00. The summed E-state index contributed by atoms with van der Waals surface area (Å²) >= 11 is 0. The molecule has 0 saturated heterocycles. The van der Waals surface area contributed by atoms with Crippen molar-refractivity contribution in [3.63, 3.8) is 0 Å². The summed E-state index contributed by atoms with van der Waals surface area (Å²) in [6.07, 6.45) is 5.20. The first-order chi connectivity index (χ1) is 8.60. The highest BCUT2D eigenvalue weighted by Crippen LogP contribution is 2.32. The number of anilines is 2. The number of nitrogens with two attached hydrogens (primary N) is 1. The summed E-state index contributed by atoms with van der Waals surface area (Å²) in [4.78, 5) is 2.35. The maximum absolute atomic E-state index is 5.92. The second kappa shape index (κ2) is 5.51. The van der Waals surface area contributed by atoms with Gasteiger partial charge in [-0.25, -0.2) is 0 Å². The van der Waals surface area contributed by atoms with E-state index in [-0.39, 0.29) is 0 Å². The van der Waals surface area contributed by atoms with Gasteiger partial charge < -0.3 is 15.4 Å². The molecule has 2 rings (SSSR count). The summed E-state index contributed by atoms with van der Waals surface area (Å²) in [6.45, 7) is 2.35. The molecule has 1 aliphatic carbocycles. The average molecular weight is 248 g/mol. The Hall–Kier alpha value is -1.38. The zero-order chi connectivity index (χ0) is 13.1. The molecule has 1 aromatic rings. The van der Waals surface area contributed by atoms with Crippen molar-refractivity contribution in [1.29, 1.82) is 0 Å². The van der Waals surface area contributed by atoms with Crippen LogP contribution in [0.15, 0.2) is 18.2 Å². The molecule has 1 saturated carbocycles. The van der Waals surface area contributed by atoms with E-state index in [1.165, 1.54) is 25.7 Å². The molecule has 18 heavy (non-hydrogen) atoms. The molecule has 0 atom stereocenters. The number of benzene rings is 1. The van der Waals surface area contributed by atoms with E-state index in [1.54, 1.807) is 7.11 Å². The van der Waals surface area contributed by atoms with Crippen LogP contribution in [0.2, 0.25) is 0 Å². The summed E-state index contributed by atoms with van der Waals surface area (Å²) in [5.41, 5.74) is 7.84. The second-order valence-corrected chi connectivity index (χ2v) is 5.49. The van der Waals surface area contributed by atoms with Crippen molar-refractivity contribution in [1.82, 2.24) is 0 Å². The molecular formula is C15H24N2O. The largest absolute Gasteiger partial charge is 0.497 e. The molecule has 1 fully saturated rings. The first kappa shape index (κ1) is 13.1. The molecule has 2 N–H and O–H groups in total. The minimum Gasteiger partial charge on any atom is -0.497 e. The molecule has 0 bridgehead atoms. The quantitative estimate of drug-likeness (QED) is 0.834. The fourth-order valence-electron chi connectivity index (χ4n) is 2.77. The predicted octanol–water partition coefficient (Wildman–Crippen LogP) is 3.29. The van der Waals surface area contributed by atoms with Gasteiger partial charge >= 0.3 is 0 Å². The van der Waals surface area contributed by atoms with Gasteiger partial charge in [-0.2, -0.15) is 0 Å². The van der Waals surface area contributed by atoms with Gasteiger partial charge in [-0.05, 0) is 37.7 Å². The second-order valence-electron chi connectivity index (χ2n) is 5.49. The first-order valence-corrected chi connectivity index (χ1v) is 6.77. The third kappa shape index (κ3) is 2.89. The van der Waals surface area contributed by atoms with Crippen molar-refractivity contribution in [2.75, 3.05) is 24.8 Å². The Morgan fingerprint density at radius 2 is 1.83 bits per heavy atom. The lowest BCUT2D eigenvalue weighted by Gasteiger charge is -2.35. The Labute approximate surface area is 110 Å². The van der Waals surface area contributed by atoms with Crippen molar-refractivity contribution in [3.05, 3.63) is 18.2 Å². The fourth-order valence-corrected chi connectivity index (χ4v) is 2.77. The topological polar surface area (TPSA) is 38.5 Å². The molecular weight excluding hydrogens is 224 g/mol. The number of methoxy groups -OCH3 is 1. The lowest BCUT2D eigenvalue weighted by atomic mass is 9.86. The summed E-state index contributed by atoms with van der Waals surface area (Å²) in [5, 5.41) is 0. The molecule has 3 nitrogen and oxygen atoms in total. The van der Waals surface area contributed by atoms with Gasteiger partial charge in [-0.1, -0.05) is 6.92 Å². The molecule has 100 valence electrons. The van der Waals surface area contributed by atoms with Crippen LogP contribution in [-0.2, 0) is 0 Å². The Morgan fingerprint density at radius 1 is 1.17 bits per heavy atom. The Morgan fingerprint density at radius 3 is 2.44 bits per heavy atom. The van der Waals surface area contributed by atoms with Crippen LogP contribution < -0.4 is 15.4 Å². The molecule has 3 heteroatoms. The molecule has 1 aliphatic rings. The smallest absolute Gasteiger partial charge is 0.122 e. The molecule has 0 unspecified atom stereocenters. The Bertz CT molecular complexity index is 397. The van der Waals surface area contributed by atoms with Crippen LogP contribution >= 0.6 is 0 Å². The lowest BCUT2D eigenvalue weighted by molar-refractivity contribution is 0.340. The van der Waals surface area contributed by atoms with Crippen LogP contribution in [0.3, 0.4) is 0 Å². The van der Waals surface area contributed by atoms with Gasteiger partial charge in [0.15, 0.2) is 0 Å². The van der Waals surface area contributed by atoms with E-state index in [0.29, 0.717) is 6.04 Å². The van der Waals surface area contributed by atoms with E-state index in [9.17, 15) is 0 Å². The minimum absolute atomic E-state index is 0.632. The van der Waals surface area contributed by atoms with Crippen molar-refractivity contribution in [3.8, 4) is 5.75 Å². The molecule has 0 amide bonds. The number of hydrogen-bond acceptors (Lipinski definition) is 3. The summed E-state index contributed by atoms with van der Waals surface area (Å²) in [7, 11) is 3.84. The van der Waals surface area contributed by atoms with Crippen molar-refractivity contribution in [2.45, 2.75) is 38.6 Å². The van der Waals surface area contributed by atoms with Crippen molar-refractivity contribution >= 4 is 11.4 Å². The number of ether oxygens (including phenoxy) is 1. The van der Waals surface area contributed by atoms with Gasteiger partial charge in [0, 0.05) is 36.6 Å². The van der Waals surface area contributed by atoms with Gasteiger partial charge in [-0.3, -0.25) is 0 Å². The van der Waals surface area contributed by atoms with Crippen molar-refractivity contribution in [2.24, 2.45) is 5.92 Å². The zero-order valence-electron chi connectivity index (χ0n) is 11.6. The molecule has 0 radical (unpaired) electrons. The molecule has 0 heterocycles. The van der Waals surface area contributed by atoms with Crippen LogP contribution in [0, 0.1) is 5.92 Å². The summed E-state index contributed by atoms with van der Waals surface area (Å²) < 4.78 is 5.28. The number of hydrogen-bond donors (Lipinski definition) is 1. The maximum atomic E-state index is 5.92. The fraction of sp³-hybridized carbons (Fsp3) is 0.600. The van der Waals surface area contributed by atoms with Gasteiger partial charge in [0.2, 0.25) is 0 Å². The lowest BCUT2D eigenvalue weighted by Crippen LogP contribution is -2.34.